The van der Waals surface area contributed by atoms with Gasteiger partial charge < -0.3 is 15.1 Å². The third kappa shape index (κ3) is 4.80. The van der Waals surface area contributed by atoms with E-state index in [0.717, 1.165) is 0 Å². The molecule has 0 aliphatic rings. The highest BCUT2D eigenvalue weighted by molar-refractivity contribution is 5.85. The van der Waals surface area contributed by atoms with E-state index in [4.69, 9.17) is 4.42 Å². The second-order valence-electron chi connectivity index (χ2n) is 4.99. The first kappa shape index (κ1) is 19.7. The Labute approximate surface area is 143 Å². The molecular formula is C14H19ClN4O5. The highest BCUT2D eigenvalue weighted by atomic mass is 35.5. The van der Waals surface area contributed by atoms with Gasteiger partial charge in [0.1, 0.15) is 0 Å². The van der Waals surface area contributed by atoms with Crippen LogP contribution in [0.2, 0.25) is 0 Å². The lowest BCUT2D eigenvalue weighted by atomic mass is 10.2. The molecule has 0 atom stereocenters. The van der Waals surface area contributed by atoms with E-state index in [0.29, 0.717) is 31.6 Å². The monoisotopic (exact) mass is 358 g/mol. The summed E-state index contributed by atoms with van der Waals surface area (Å²) in [5.41, 5.74) is 0.515. The van der Waals surface area contributed by atoms with Crippen molar-refractivity contribution in [2.24, 2.45) is 0 Å². The molecule has 0 aliphatic heterocycles. The van der Waals surface area contributed by atoms with Crippen molar-refractivity contribution >= 4 is 35.1 Å². The van der Waals surface area contributed by atoms with Crippen LogP contribution in [0.25, 0.3) is 11.1 Å². The molecule has 9 nitrogen and oxygen atoms in total. The number of carbonyl (C=O) groups excluding carboxylic acids is 1. The van der Waals surface area contributed by atoms with Gasteiger partial charge in [0.15, 0.2) is 5.58 Å². The number of hydrogen-bond donors (Lipinski definition) is 2. The average Bonchev–Trinajstić information content (AvgIpc) is 2.82. The van der Waals surface area contributed by atoms with Gasteiger partial charge in [-0.1, -0.05) is 0 Å². The van der Waals surface area contributed by atoms with Crippen LogP contribution in [0.1, 0.15) is 12.8 Å². The van der Waals surface area contributed by atoms with Gasteiger partial charge in [-0.3, -0.25) is 19.5 Å². The number of oxazole rings is 1. The SMILES string of the molecule is CNCCNC(=O)CCCn1c(=O)oc2cc([N+](=O)[O-])ccc21.Cl. The Bertz CT molecular complexity index is 770. The van der Waals surface area contributed by atoms with Gasteiger partial charge in [-0.25, -0.2) is 4.79 Å². The van der Waals surface area contributed by atoms with Gasteiger partial charge in [0.05, 0.1) is 16.5 Å². The zero-order chi connectivity index (χ0) is 16.8. The highest BCUT2D eigenvalue weighted by Crippen LogP contribution is 2.20. The van der Waals surface area contributed by atoms with Crippen LogP contribution in [0.4, 0.5) is 5.69 Å². The number of aromatic nitrogens is 1. The zero-order valence-corrected chi connectivity index (χ0v) is 13.9. The minimum Gasteiger partial charge on any atom is -0.407 e. The molecule has 2 aromatic rings. The Morgan fingerprint density at radius 2 is 2.12 bits per heavy atom. The maximum atomic E-state index is 11.8. The number of benzene rings is 1. The fraction of sp³-hybridized carbons (Fsp3) is 0.429. The summed E-state index contributed by atoms with van der Waals surface area (Å²) in [5.74, 6) is -0.673. The Hall–Kier alpha value is -2.39. The van der Waals surface area contributed by atoms with Crippen molar-refractivity contribution in [1.82, 2.24) is 15.2 Å². The lowest BCUT2D eigenvalue weighted by Crippen LogP contribution is -2.30. The first-order valence-electron chi connectivity index (χ1n) is 7.22. The first-order chi connectivity index (χ1) is 11.0. The van der Waals surface area contributed by atoms with E-state index >= 15 is 0 Å². The van der Waals surface area contributed by atoms with Crippen LogP contribution in [0.5, 0.6) is 0 Å². The molecule has 0 fully saturated rings. The predicted octanol–water partition coefficient (Wildman–Crippen LogP) is 1.04. The quantitative estimate of drug-likeness (QED) is 0.413. The van der Waals surface area contributed by atoms with Gasteiger partial charge in [-0.15, -0.1) is 12.4 Å². The van der Waals surface area contributed by atoms with Crippen molar-refractivity contribution in [3.05, 3.63) is 38.9 Å². The van der Waals surface area contributed by atoms with Crippen LogP contribution >= 0.6 is 12.4 Å². The lowest BCUT2D eigenvalue weighted by Gasteiger charge is -2.05. The number of likely N-dealkylation sites (N-methyl/N-ethyl adjacent to an activating group) is 1. The van der Waals surface area contributed by atoms with E-state index in [1.807, 2.05) is 0 Å². The normalized spacial score (nSPS) is 10.4. The number of halogens is 1. The topological polar surface area (TPSA) is 119 Å². The molecule has 0 radical (unpaired) electrons. The number of rotatable bonds is 8. The molecule has 0 saturated heterocycles. The third-order valence-corrected chi connectivity index (χ3v) is 3.35. The van der Waals surface area contributed by atoms with E-state index < -0.39 is 10.7 Å². The standard InChI is InChI=1S/C14H18N4O5.ClH/c1-15-6-7-16-13(19)3-2-8-17-11-5-4-10(18(21)22)9-12(11)23-14(17)20;/h4-5,9,15H,2-3,6-8H2,1H3,(H,16,19);1H. The summed E-state index contributed by atoms with van der Waals surface area (Å²) in [6, 6.07) is 4.02. The molecule has 0 unspecified atom stereocenters. The summed E-state index contributed by atoms with van der Waals surface area (Å²) in [5, 5.41) is 16.4. The van der Waals surface area contributed by atoms with Gasteiger partial charge in [-0.2, -0.15) is 0 Å². The smallest absolute Gasteiger partial charge is 0.407 e. The second kappa shape index (κ2) is 9.04. The summed E-state index contributed by atoms with van der Waals surface area (Å²) in [6.07, 6.45) is 0.757. The number of amides is 1. The molecule has 0 aliphatic carbocycles. The molecule has 132 valence electrons. The van der Waals surface area contributed by atoms with Crippen LogP contribution in [0.15, 0.2) is 27.4 Å². The summed E-state index contributed by atoms with van der Waals surface area (Å²) in [7, 11) is 1.80. The second-order valence-corrected chi connectivity index (χ2v) is 4.99. The van der Waals surface area contributed by atoms with Gasteiger partial charge in [-0.05, 0) is 19.5 Å². The minimum atomic E-state index is -0.587. The van der Waals surface area contributed by atoms with Gasteiger partial charge in [0, 0.05) is 32.1 Å². The van der Waals surface area contributed by atoms with Crippen molar-refractivity contribution < 1.29 is 14.1 Å². The number of carbonyl (C=O) groups is 1. The molecular weight excluding hydrogens is 340 g/mol. The average molecular weight is 359 g/mol. The predicted molar refractivity (Wildman–Crippen MR) is 90.5 cm³/mol. The Morgan fingerprint density at radius 1 is 1.38 bits per heavy atom. The number of aryl methyl sites for hydroxylation is 1. The Kier molecular flexibility index (Phi) is 7.40. The van der Waals surface area contributed by atoms with E-state index in [-0.39, 0.29) is 36.0 Å². The summed E-state index contributed by atoms with van der Waals surface area (Å²) in [4.78, 5) is 33.6. The number of nitro benzene ring substituents is 1. The summed E-state index contributed by atoms with van der Waals surface area (Å²) in [6.45, 7) is 1.55. The summed E-state index contributed by atoms with van der Waals surface area (Å²) < 4.78 is 6.40. The molecule has 0 spiro atoms. The largest absolute Gasteiger partial charge is 0.419 e. The van der Waals surface area contributed by atoms with Crippen molar-refractivity contribution in [3.63, 3.8) is 0 Å². The van der Waals surface area contributed by atoms with Crippen LogP contribution in [-0.2, 0) is 11.3 Å². The molecule has 1 aromatic carbocycles. The number of non-ortho nitro benzene ring substituents is 1. The number of fused-ring (bicyclic) bond motifs is 1. The van der Waals surface area contributed by atoms with E-state index in [2.05, 4.69) is 10.6 Å². The van der Waals surface area contributed by atoms with Crippen molar-refractivity contribution in [2.45, 2.75) is 19.4 Å². The van der Waals surface area contributed by atoms with Crippen molar-refractivity contribution in [1.29, 1.82) is 0 Å². The molecule has 24 heavy (non-hydrogen) atoms. The first-order valence-corrected chi connectivity index (χ1v) is 7.22. The molecule has 2 rings (SSSR count). The van der Waals surface area contributed by atoms with E-state index in [1.165, 1.54) is 22.8 Å². The molecule has 0 bridgehead atoms. The maximum Gasteiger partial charge on any atom is 0.419 e. The fourth-order valence-corrected chi connectivity index (χ4v) is 2.19. The Morgan fingerprint density at radius 3 is 2.79 bits per heavy atom. The molecule has 1 heterocycles. The number of nitro groups is 1. The lowest BCUT2D eigenvalue weighted by molar-refractivity contribution is -0.384. The third-order valence-electron chi connectivity index (χ3n) is 3.35. The van der Waals surface area contributed by atoms with Gasteiger partial charge in [0.2, 0.25) is 5.91 Å². The molecule has 2 N–H and O–H groups in total. The van der Waals surface area contributed by atoms with Crippen LogP contribution in [-0.4, -0.2) is 35.5 Å². The van der Waals surface area contributed by atoms with E-state index in [9.17, 15) is 19.7 Å². The molecule has 10 heteroatoms. The number of nitrogens with zero attached hydrogens (tertiary/aromatic N) is 2. The maximum absolute atomic E-state index is 11.8. The number of hydrogen-bond acceptors (Lipinski definition) is 6. The Balaban J connectivity index is 0.00000288. The van der Waals surface area contributed by atoms with Crippen molar-refractivity contribution in [2.75, 3.05) is 20.1 Å². The van der Waals surface area contributed by atoms with E-state index in [1.54, 1.807) is 7.05 Å². The van der Waals surface area contributed by atoms with Gasteiger partial charge in [0.25, 0.3) is 5.69 Å². The fourth-order valence-electron chi connectivity index (χ4n) is 2.19. The number of nitrogens with one attached hydrogen (secondary N) is 2. The molecule has 1 amide bonds. The van der Waals surface area contributed by atoms with Gasteiger partial charge >= 0.3 is 5.76 Å². The zero-order valence-electron chi connectivity index (χ0n) is 13.1. The molecule has 0 saturated carbocycles. The van der Waals surface area contributed by atoms with Crippen LogP contribution < -0.4 is 16.4 Å². The molecule has 1 aromatic heterocycles. The van der Waals surface area contributed by atoms with Crippen LogP contribution in [0, 0.1) is 10.1 Å². The van der Waals surface area contributed by atoms with Crippen LogP contribution in [0.3, 0.4) is 0 Å². The minimum absolute atomic E-state index is 0. The van der Waals surface area contributed by atoms with Crippen molar-refractivity contribution in [3.8, 4) is 0 Å². The summed E-state index contributed by atoms with van der Waals surface area (Å²) >= 11 is 0. The highest BCUT2D eigenvalue weighted by Gasteiger charge is 2.14.